The van der Waals surface area contributed by atoms with E-state index in [1.165, 1.54) is 6.07 Å². The molecule has 0 saturated heterocycles. The Balaban J connectivity index is 1.69. The van der Waals surface area contributed by atoms with E-state index in [2.05, 4.69) is 10.4 Å². The van der Waals surface area contributed by atoms with Crippen molar-refractivity contribution >= 4 is 51.9 Å². The number of primary amides is 1. The second kappa shape index (κ2) is 12.5. The molecule has 4 aromatic rings. The van der Waals surface area contributed by atoms with E-state index in [0.717, 1.165) is 39.2 Å². The van der Waals surface area contributed by atoms with Gasteiger partial charge < -0.3 is 10.6 Å². The quantitative estimate of drug-likeness (QED) is 0.235. The molecule has 0 spiro atoms. The van der Waals surface area contributed by atoms with Crippen LogP contribution < -0.4 is 16.3 Å². The zero-order valence-corrected chi connectivity index (χ0v) is 26.6. The van der Waals surface area contributed by atoms with Crippen molar-refractivity contribution in [3.8, 4) is 5.69 Å². The van der Waals surface area contributed by atoms with Crippen LogP contribution in [0.25, 0.3) is 5.69 Å². The molecule has 1 heterocycles. The molecule has 0 fully saturated rings. The topological polar surface area (TPSA) is 116 Å². The molecule has 0 radical (unpaired) electrons. The molecule has 0 bridgehead atoms. The number of anilines is 1. The predicted molar refractivity (Wildman–Crippen MR) is 168 cm³/mol. The number of aryl methyl sites for hydroxylation is 1. The largest absolute Gasteiger partial charge is 0.416 e. The number of nitrogens with zero attached hydrogens (tertiary/aromatic N) is 5. The first-order chi connectivity index (χ1) is 20.2. The summed E-state index contributed by atoms with van der Waals surface area (Å²) in [6.07, 6.45) is -2.56. The first-order valence-corrected chi connectivity index (χ1v) is 15.3. The van der Waals surface area contributed by atoms with E-state index in [-0.39, 0.29) is 29.3 Å². The summed E-state index contributed by atoms with van der Waals surface area (Å²) in [5, 5.41) is 7.72. The lowest BCUT2D eigenvalue weighted by Gasteiger charge is -2.40. The molecule has 2 amide bonds. The predicted octanol–water partition coefficient (Wildman–Crippen LogP) is 5.30. The number of hydrogen-bond donors (Lipinski definition) is 1. The van der Waals surface area contributed by atoms with Crippen LogP contribution >= 0.6 is 34.4 Å². The van der Waals surface area contributed by atoms with Crippen molar-refractivity contribution in [2.24, 2.45) is 5.73 Å². The Morgan fingerprint density at radius 1 is 1.05 bits per heavy atom. The number of carbonyl (C=O) groups excluding carboxylic acids is 2. The van der Waals surface area contributed by atoms with Crippen LogP contribution in [0, 0.1) is 10.5 Å². The highest BCUT2D eigenvalue weighted by atomic mass is 127. The maximum Gasteiger partial charge on any atom is 0.416 e. The average Bonchev–Trinajstić information content (AvgIpc) is 3.28. The van der Waals surface area contributed by atoms with Crippen LogP contribution in [0.5, 0.6) is 0 Å². The number of nitrogens with two attached hydrogens (primary N) is 1. The summed E-state index contributed by atoms with van der Waals surface area (Å²) in [4.78, 5) is 41.0. The molecule has 4 rings (SSSR count). The van der Waals surface area contributed by atoms with E-state index in [9.17, 15) is 27.6 Å². The minimum Gasteiger partial charge on any atom is -0.366 e. The fourth-order valence-electron chi connectivity index (χ4n) is 4.75. The Morgan fingerprint density at radius 3 is 2.30 bits per heavy atom. The molecule has 43 heavy (non-hydrogen) atoms. The SMILES string of the molecule is CSCC(C)(C)N(C(=O)c1c(I)cccc1C(N)=O)c1ccc(Cn2nnn(-c3ccc(C(F)(F)F)cc3)c2=O)cc1C. The Kier molecular flexibility index (Phi) is 9.39. The zero-order valence-electron chi connectivity index (χ0n) is 23.6. The number of rotatable bonds is 9. The van der Waals surface area contributed by atoms with Gasteiger partial charge in [-0.2, -0.15) is 34.3 Å². The van der Waals surface area contributed by atoms with Crippen molar-refractivity contribution in [2.45, 2.75) is 39.0 Å². The molecule has 0 aliphatic rings. The maximum absolute atomic E-state index is 14.2. The average molecular weight is 725 g/mol. The number of aromatic nitrogens is 4. The van der Waals surface area contributed by atoms with Crippen LogP contribution in [0.4, 0.5) is 18.9 Å². The van der Waals surface area contributed by atoms with Crippen LogP contribution in [0.15, 0.2) is 65.5 Å². The fourth-order valence-corrected chi connectivity index (χ4v) is 6.32. The van der Waals surface area contributed by atoms with Gasteiger partial charge in [-0.15, -0.1) is 0 Å². The zero-order chi connectivity index (χ0) is 31.7. The Bertz CT molecular complexity index is 1730. The minimum absolute atomic E-state index is 0.0329. The molecular weight excluding hydrogens is 696 g/mol. The van der Waals surface area contributed by atoms with Gasteiger partial charge in [-0.1, -0.05) is 18.2 Å². The third kappa shape index (κ3) is 6.79. The smallest absolute Gasteiger partial charge is 0.366 e. The number of tetrazole rings is 1. The summed E-state index contributed by atoms with van der Waals surface area (Å²) < 4.78 is 41.4. The van der Waals surface area contributed by atoms with Crippen molar-refractivity contribution in [3.05, 3.63) is 103 Å². The number of alkyl halides is 3. The van der Waals surface area contributed by atoms with E-state index in [1.807, 2.05) is 55.7 Å². The van der Waals surface area contributed by atoms with Crippen molar-refractivity contribution in [1.29, 1.82) is 0 Å². The molecule has 0 saturated carbocycles. The third-order valence-corrected chi connectivity index (χ3v) is 8.61. The second-order valence-corrected chi connectivity index (χ2v) is 12.4. The van der Waals surface area contributed by atoms with Gasteiger partial charge in [0.05, 0.1) is 34.5 Å². The Morgan fingerprint density at radius 2 is 1.72 bits per heavy atom. The summed E-state index contributed by atoms with van der Waals surface area (Å²) in [6, 6.07) is 14.3. The number of amides is 2. The molecule has 14 heteroatoms. The van der Waals surface area contributed by atoms with Crippen LogP contribution in [0.2, 0.25) is 0 Å². The van der Waals surface area contributed by atoms with Crippen molar-refractivity contribution in [1.82, 2.24) is 19.8 Å². The molecule has 0 aliphatic carbocycles. The van der Waals surface area contributed by atoms with Gasteiger partial charge in [-0.25, -0.2) is 4.79 Å². The highest BCUT2D eigenvalue weighted by molar-refractivity contribution is 14.1. The van der Waals surface area contributed by atoms with Crippen LogP contribution in [0.1, 0.15) is 51.3 Å². The molecule has 2 N–H and O–H groups in total. The van der Waals surface area contributed by atoms with Crippen LogP contribution in [-0.4, -0.2) is 49.2 Å². The van der Waals surface area contributed by atoms with Gasteiger partial charge in [0.1, 0.15) is 0 Å². The molecule has 0 aliphatic heterocycles. The van der Waals surface area contributed by atoms with E-state index < -0.39 is 28.9 Å². The number of thioether (sulfide) groups is 1. The van der Waals surface area contributed by atoms with Gasteiger partial charge in [0.25, 0.3) is 5.91 Å². The Labute approximate surface area is 263 Å². The summed E-state index contributed by atoms with van der Waals surface area (Å²) in [5.74, 6) is -0.478. The fraction of sp³-hybridized carbons (Fsp3) is 0.276. The molecule has 0 unspecified atom stereocenters. The third-order valence-electron chi connectivity index (χ3n) is 6.71. The summed E-state index contributed by atoms with van der Waals surface area (Å²) in [6.45, 7) is 5.74. The highest BCUT2D eigenvalue weighted by Gasteiger charge is 2.36. The molecule has 1 aromatic heterocycles. The first-order valence-electron chi connectivity index (χ1n) is 12.9. The van der Waals surface area contributed by atoms with Gasteiger partial charge in [-0.3, -0.25) is 9.59 Å². The monoisotopic (exact) mass is 724 g/mol. The van der Waals surface area contributed by atoms with E-state index in [4.69, 9.17) is 5.73 Å². The first kappa shape index (κ1) is 32.3. The summed E-state index contributed by atoms with van der Waals surface area (Å²) in [5.41, 5.74) is 6.02. The van der Waals surface area contributed by atoms with E-state index in [1.54, 1.807) is 40.9 Å². The normalized spacial score (nSPS) is 11.9. The highest BCUT2D eigenvalue weighted by Crippen LogP contribution is 2.34. The lowest BCUT2D eigenvalue weighted by molar-refractivity contribution is -0.137. The second-order valence-electron chi connectivity index (χ2n) is 10.4. The van der Waals surface area contributed by atoms with Gasteiger partial charge in [0.2, 0.25) is 5.91 Å². The van der Waals surface area contributed by atoms with Gasteiger partial charge in [-0.05, 0) is 114 Å². The molecule has 0 atom stereocenters. The number of carbonyl (C=O) groups is 2. The van der Waals surface area contributed by atoms with E-state index in [0.29, 0.717) is 20.6 Å². The minimum atomic E-state index is -4.50. The molecule has 226 valence electrons. The van der Waals surface area contributed by atoms with Crippen LogP contribution in [-0.2, 0) is 12.7 Å². The molecule has 9 nitrogen and oxygen atoms in total. The van der Waals surface area contributed by atoms with Gasteiger partial charge >= 0.3 is 11.9 Å². The number of halogens is 4. The van der Waals surface area contributed by atoms with Crippen molar-refractivity contribution < 1.29 is 22.8 Å². The maximum atomic E-state index is 14.2. The molecular formula is C29H28F3IN6O3S. The number of benzene rings is 3. The van der Waals surface area contributed by atoms with E-state index >= 15 is 0 Å². The van der Waals surface area contributed by atoms with Crippen molar-refractivity contribution in [3.63, 3.8) is 0 Å². The Hall–Kier alpha value is -3.66. The lowest BCUT2D eigenvalue weighted by atomic mass is 9.97. The van der Waals surface area contributed by atoms with Crippen molar-refractivity contribution in [2.75, 3.05) is 16.9 Å². The summed E-state index contributed by atoms with van der Waals surface area (Å²) in [7, 11) is 0. The lowest BCUT2D eigenvalue weighted by Crippen LogP contribution is -2.51. The van der Waals surface area contributed by atoms with Gasteiger partial charge in [0.15, 0.2) is 0 Å². The summed E-state index contributed by atoms with van der Waals surface area (Å²) >= 11 is 3.59. The standard InChI is InChI=1S/C29H28F3IN6O3S/c1-17-14-18(15-37-27(42)39(36-35-37)20-11-9-19(10-12-20)29(30,31)32)8-13-23(17)38(28(2,3)16-43-4)26(41)24-21(25(34)40)6-5-7-22(24)33/h5-14H,15-16H2,1-4H3,(H2,34,40). The van der Waals surface area contributed by atoms with Gasteiger partial charge in [0, 0.05) is 15.0 Å². The van der Waals surface area contributed by atoms with Crippen LogP contribution in [0.3, 0.4) is 0 Å². The number of hydrogen-bond acceptors (Lipinski definition) is 6. The molecule has 3 aromatic carbocycles.